The van der Waals surface area contributed by atoms with E-state index < -0.39 is 10.0 Å². The first-order valence-corrected chi connectivity index (χ1v) is 10.0. The van der Waals surface area contributed by atoms with Crippen LogP contribution in [0, 0.1) is 0 Å². The molecule has 3 N–H and O–H groups in total. The normalized spacial score (nSPS) is 14.3. The number of benzene rings is 1. The molecule has 0 spiro atoms. The Bertz CT molecular complexity index is 998. The summed E-state index contributed by atoms with van der Waals surface area (Å²) in [5.74, 6) is 0.644. The van der Waals surface area contributed by atoms with Crippen molar-refractivity contribution >= 4 is 32.9 Å². The molecule has 4 rings (SSSR count). The van der Waals surface area contributed by atoms with Crippen molar-refractivity contribution in [1.82, 2.24) is 20.2 Å². The summed E-state index contributed by atoms with van der Waals surface area (Å²) in [5, 5.41) is 11.4. The third kappa shape index (κ3) is 4.00. The average molecular weight is 385 g/mol. The first-order chi connectivity index (χ1) is 13.1. The molecule has 1 aliphatic heterocycles. The van der Waals surface area contributed by atoms with Gasteiger partial charge in [-0.05, 0) is 37.1 Å². The van der Waals surface area contributed by atoms with E-state index in [0.29, 0.717) is 11.5 Å². The predicted molar refractivity (Wildman–Crippen MR) is 103 cm³/mol. The maximum atomic E-state index is 12.2. The number of aromatic amines is 1. The maximum absolute atomic E-state index is 12.2. The minimum Gasteiger partial charge on any atom is -0.370 e. The van der Waals surface area contributed by atoms with Gasteiger partial charge < -0.3 is 15.2 Å². The van der Waals surface area contributed by atoms with E-state index in [-0.39, 0.29) is 5.03 Å². The van der Waals surface area contributed by atoms with Crippen molar-refractivity contribution < 1.29 is 8.42 Å². The first kappa shape index (κ1) is 17.3. The molecule has 3 heterocycles. The second-order valence-electron chi connectivity index (χ2n) is 6.22. The van der Waals surface area contributed by atoms with Crippen LogP contribution in [0.3, 0.4) is 0 Å². The standard InChI is InChI=1S/C17H19N7O2S/c25-27(26,17-11-18-12-19-17)23-14-5-3-13(4-6-14)21-16-9-15(10-20-22-16)24-7-1-2-8-24/h3-6,9-12,23H,1-2,7-8H2,(H,18,19)(H,21,22). The number of aromatic nitrogens is 4. The second-order valence-corrected chi connectivity index (χ2v) is 7.87. The SMILES string of the molecule is O=S(=O)(Nc1ccc(Nc2cc(N3CCCC3)cnn2)cc1)c1cnc[nH]1. The van der Waals surface area contributed by atoms with Crippen LogP contribution in [0.1, 0.15) is 12.8 Å². The van der Waals surface area contributed by atoms with Gasteiger partial charge in [0, 0.05) is 30.5 Å². The lowest BCUT2D eigenvalue weighted by molar-refractivity contribution is 0.598. The van der Waals surface area contributed by atoms with Crippen LogP contribution in [0.4, 0.5) is 22.9 Å². The van der Waals surface area contributed by atoms with Gasteiger partial charge in [-0.2, -0.15) is 13.5 Å². The molecule has 0 unspecified atom stereocenters. The number of sulfonamides is 1. The van der Waals surface area contributed by atoms with Crippen molar-refractivity contribution in [3.8, 4) is 0 Å². The van der Waals surface area contributed by atoms with Crippen LogP contribution in [0.25, 0.3) is 0 Å². The van der Waals surface area contributed by atoms with E-state index in [1.807, 2.05) is 6.07 Å². The summed E-state index contributed by atoms with van der Waals surface area (Å²) in [5.41, 5.74) is 2.29. The third-order valence-electron chi connectivity index (χ3n) is 4.28. The summed E-state index contributed by atoms with van der Waals surface area (Å²) < 4.78 is 26.9. The van der Waals surface area contributed by atoms with Gasteiger partial charge in [-0.25, -0.2) is 4.98 Å². The Balaban J connectivity index is 1.44. The van der Waals surface area contributed by atoms with Gasteiger partial charge in [-0.3, -0.25) is 4.72 Å². The highest BCUT2D eigenvalue weighted by atomic mass is 32.2. The summed E-state index contributed by atoms with van der Waals surface area (Å²) in [6, 6.07) is 8.86. The topological polar surface area (TPSA) is 116 Å². The molecule has 0 radical (unpaired) electrons. The number of nitrogens with zero attached hydrogens (tertiary/aromatic N) is 4. The van der Waals surface area contributed by atoms with Crippen LogP contribution in [0.15, 0.2) is 54.1 Å². The molecule has 1 saturated heterocycles. The molecule has 0 atom stereocenters. The number of nitrogens with one attached hydrogen (secondary N) is 3. The Morgan fingerprint density at radius 3 is 2.48 bits per heavy atom. The molecular weight excluding hydrogens is 366 g/mol. The summed E-state index contributed by atoms with van der Waals surface area (Å²) in [4.78, 5) is 8.59. The minimum absolute atomic E-state index is 0.0127. The Morgan fingerprint density at radius 1 is 1.04 bits per heavy atom. The molecule has 0 bridgehead atoms. The molecule has 0 aliphatic carbocycles. The van der Waals surface area contributed by atoms with E-state index in [1.165, 1.54) is 25.4 Å². The number of imidazole rings is 1. The van der Waals surface area contributed by atoms with Gasteiger partial charge >= 0.3 is 0 Å². The molecule has 3 aromatic rings. The summed E-state index contributed by atoms with van der Waals surface area (Å²) >= 11 is 0. The van der Waals surface area contributed by atoms with Crippen molar-refractivity contribution in [2.75, 3.05) is 28.0 Å². The number of hydrogen-bond donors (Lipinski definition) is 3. The molecule has 2 aromatic heterocycles. The summed E-state index contributed by atoms with van der Waals surface area (Å²) in [7, 11) is -3.67. The van der Waals surface area contributed by atoms with Crippen molar-refractivity contribution in [3.63, 3.8) is 0 Å². The van der Waals surface area contributed by atoms with Crippen LogP contribution in [0.2, 0.25) is 0 Å². The molecule has 1 fully saturated rings. The molecule has 140 valence electrons. The average Bonchev–Trinajstić information content (AvgIpc) is 3.38. The van der Waals surface area contributed by atoms with Gasteiger partial charge in [0.25, 0.3) is 10.0 Å². The molecular formula is C17H19N7O2S. The van der Waals surface area contributed by atoms with E-state index in [4.69, 9.17) is 0 Å². The van der Waals surface area contributed by atoms with Crippen molar-refractivity contribution in [2.24, 2.45) is 0 Å². The first-order valence-electron chi connectivity index (χ1n) is 8.56. The van der Waals surface area contributed by atoms with Gasteiger partial charge in [0.1, 0.15) is 0 Å². The van der Waals surface area contributed by atoms with E-state index in [0.717, 1.165) is 24.5 Å². The lowest BCUT2D eigenvalue weighted by Gasteiger charge is -2.17. The largest absolute Gasteiger partial charge is 0.370 e. The molecule has 27 heavy (non-hydrogen) atoms. The van der Waals surface area contributed by atoms with E-state index >= 15 is 0 Å². The van der Waals surface area contributed by atoms with Crippen molar-refractivity contribution in [1.29, 1.82) is 0 Å². The Morgan fingerprint density at radius 2 is 1.78 bits per heavy atom. The smallest absolute Gasteiger partial charge is 0.278 e. The lowest BCUT2D eigenvalue weighted by atomic mass is 10.3. The van der Waals surface area contributed by atoms with Crippen LogP contribution < -0.4 is 14.9 Å². The predicted octanol–water partition coefficient (Wildman–Crippen LogP) is 2.34. The van der Waals surface area contributed by atoms with Gasteiger partial charge in [0.15, 0.2) is 10.8 Å². The molecule has 9 nitrogen and oxygen atoms in total. The molecule has 1 aromatic carbocycles. The van der Waals surface area contributed by atoms with Gasteiger partial charge in [0.2, 0.25) is 0 Å². The van der Waals surface area contributed by atoms with Crippen molar-refractivity contribution in [2.45, 2.75) is 17.9 Å². The van der Waals surface area contributed by atoms with E-state index in [2.05, 4.69) is 35.1 Å². The highest BCUT2D eigenvalue weighted by Crippen LogP contribution is 2.24. The third-order valence-corrected chi connectivity index (χ3v) is 5.59. The summed E-state index contributed by atoms with van der Waals surface area (Å²) in [6.45, 7) is 2.08. The number of H-pyrrole nitrogens is 1. The number of anilines is 4. The fourth-order valence-corrected chi connectivity index (χ4v) is 3.90. The highest BCUT2D eigenvalue weighted by Gasteiger charge is 2.16. The molecule has 10 heteroatoms. The molecule has 0 amide bonds. The fraction of sp³-hybridized carbons (Fsp3) is 0.235. The number of rotatable bonds is 6. The zero-order valence-electron chi connectivity index (χ0n) is 14.5. The quantitative estimate of drug-likeness (QED) is 0.596. The lowest BCUT2D eigenvalue weighted by Crippen LogP contribution is -2.18. The Kier molecular flexibility index (Phi) is 4.63. The zero-order valence-corrected chi connectivity index (χ0v) is 15.3. The van der Waals surface area contributed by atoms with Crippen LogP contribution in [0.5, 0.6) is 0 Å². The van der Waals surface area contributed by atoms with Crippen molar-refractivity contribution in [3.05, 3.63) is 49.1 Å². The molecule has 1 aliphatic rings. The fourth-order valence-electron chi connectivity index (χ4n) is 2.94. The summed E-state index contributed by atoms with van der Waals surface area (Å²) in [6.07, 6.45) is 6.73. The Labute approximate surface area is 156 Å². The monoisotopic (exact) mass is 385 g/mol. The second kappa shape index (κ2) is 7.23. The van der Waals surface area contributed by atoms with Gasteiger partial charge in [-0.1, -0.05) is 0 Å². The van der Waals surface area contributed by atoms with Gasteiger partial charge in [-0.15, -0.1) is 5.10 Å². The molecule has 0 saturated carbocycles. The Hall–Kier alpha value is -3.14. The van der Waals surface area contributed by atoms with Gasteiger partial charge in [0.05, 0.1) is 24.4 Å². The number of hydrogen-bond acceptors (Lipinski definition) is 7. The zero-order chi connectivity index (χ0) is 18.7. The highest BCUT2D eigenvalue weighted by molar-refractivity contribution is 7.92. The van der Waals surface area contributed by atoms with E-state index in [1.54, 1.807) is 30.5 Å². The minimum atomic E-state index is -3.67. The van der Waals surface area contributed by atoms with Crippen LogP contribution >= 0.6 is 0 Å². The van der Waals surface area contributed by atoms with Crippen LogP contribution in [-0.4, -0.2) is 41.7 Å². The van der Waals surface area contributed by atoms with Crippen LogP contribution in [-0.2, 0) is 10.0 Å². The maximum Gasteiger partial charge on any atom is 0.278 e. The van der Waals surface area contributed by atoms with E-state index in [9.17, 15) is 8.42 Å².